The van der Waals surface area contributed by atoms with E-state index in [9.17, 15) is 13.2 Å². The average molecular weight is 503 g/mol. The van der Waals surface area contributed by atoms with E-state index < -0.39 is 10.0 Å². The summed E-state index contributed by atoms with van der Waals surface area (Å²) < 4.78 is 40.9. The second-order valence-corrected chi connectivity index (χ2v) is 10.2. The van der Waals surface area contributed by atoms with E-state index in [4.69, 9.17) is 9.47 Å². The molecule has 0 spiro atoms. The third-order valence-corrected chi connectivity index (χ3v) is 7.68. The Morgan fingerprint density at radius 2 is 1.79 bits per heavy atom. The van der Waals surface area contributed by atoms with Crippen LogP contribution in [0, 0.1) is 0 Å². The molecule has 0 aliphatic carbocycles. The number of ether oxygens (including phenoxy) is 2. The Morgan fingerprint density at radius 1 is 1.06 bits per heavy atom. The molecule has 1 fully saturated rings. The van der Waals surface area contributed by atoms with Crippen LogP contribution in [0.3, 0.4) is 0 Å². The van der Waals surface area contributed by atoms with Crippen molar-refractivity contribution < 1.29 is 22.7 Å². The number of sulfonamides is 1. The van der Waals surface area contributed by atoms with Crippen LogP contribution in [-0.4, -0.2) is 44.7 Å². The number of amides is 1. The Labute approximate surface area is 205 Å². The van der Waals surface area contributed by atoms with Gasteiger partial charge in [0.05, 0.1) is 23.5 Å². The molecule has 0 N–H and O–H groups in total. The van der Waals surface area contributed by atoms with E-state index in [0.717, 1.165) is 42.2 Å². The van der Waals surface area contributed by atoms with Crippen molar-refractivity contribution in [3.63, 3.8) is 0 Å². The first-order valence-electron chi connectivity index (χ1n) is 11.3. The molecule has 2 aromatic carbocycles. The van der Waals surface area contributed by atoms with E-state index in [0.29, 0.717) is 29.6 Å². The predicted octanol–water partition coefficient (Wildman–Crippen LogP) is 5.12. The van der Waals surface area contributed by atoms with Gasteiger partial charge in [-0.2, -0.15) is 8.42 Å². The van der Waals surface area contributed by atoms with Crippen LogP contribution in [0.15, 0.2) is 56.7 Å². The van der Waals surface area contributed by atoms with Crippen LogP contribution in [0.5, 0.6) is 11.5 Å². The second-order valence-electron chi connectivity index (χ2n) is 7.62. The van der Waals surface area contributed by atoms with Crippen LogP contribution in [0.1, 0.15) is 44.7 Å². The topological polar surface area (TPSA) is 85.3 Å². The maximum Gasteiger partial charge on any atom is 0.284 e. The molecule has 0 aromatic heterocycles. The Bertz CT molecular complexity index is 1190. The zero-order valence-electron chi connectivity index (χ0n) is 19.9. The highest BCUT2D eigenvalue weighted by molar-refractivity contribution is 8.19. The molecule has 1 aliphatic heterocycles. The SMILES string of the molecule is CCCCOc1cc(C=C2SC(=NS(=O)(=O)c3ccc(CC)cc3)N(CC)C2=O)ccc1OC. The minimum Gasteiger partial charge on any atom is -0.493 e. The molecular formula is C25H30N2O5S2. The van der Waals surface area contributed by atoms with Crippen molar-refractivity contribution in [2.45, 2.75) is 44.9 Å². The molecule has 0 unspecified atom stereocenters. The highest BCUT2D eigenvalue weighted by atomic mass is 32.2. The highest BCUT2D eigenvalue weighted by Crippen LogP contribution is 2.35. The van der Waals surface area contributed by atoms with E-state index in [1.807, 2.05) is 19.1 Å². The number of methoxy groups -OCH3 is 1. The van der Waals surface area contributed by atoms with Crippen LogP contribution in [0.2, 0.25) is 0 Å². The van der Waals surface area contributed by atoms with Crippen LogP contribution in [0.4, 0.5) is 0 Å². The van der Waals surface area contributed by atoms with E-state index in [-0.39, 0.29) is 16.0 Å². The minimum absolute atomic E-state index is 0.0998. The van der Waals surface area contributed by atoms with Crippen molar-refractivity contribution in [2.75, 3.05) is 20.3 Å². The van der Waals surface area contributed by atoms with Gasteiger partial charge >= 0.3 is 0 Å². The number of hydrogen-bond donors (Lipinski definition) is 0. The van der Waals surface area contributed by atoms with Crippen molar-refractivity contribution in [1.29, 1.82) is 0 Å². The maximum atomic E-state index is 13.0. The summed E-state index contributed by atoms with van der Waals surface area (Å²) >= 11 is 1.05. The number of amidine groups is 1. The number of hydrogen-bond acceptors (Lipinski definition) is 6. The van der Waals surface area contributed by atoms with Crippen molar-refractivity contribution in [3.8, 4) is 11.5 Å². The van der Waals surface area contributed by atoms with Gasteiger partial charge in [-0.05, 0) is 73.0 Å². The first-order valence-corrected chi connectivity index (χ1v) is 13.5. The first-order chi connectivity index (χ1) is 16.3. The number of carbonyl (C=O) groups is 1. The van der Waals surface area contributed by atoms with Gasteiger partial charge in [-0.25, -0.2) is 0 Å². The maximum absolute atomic E-state index is 13.0. The number of aryl methyl sites for hydroxylation is 1. The number of benzene rings is 2. The Morgan fingerprint density at radius 3 is 2.41 bits per heavy atom. The standard InChI is InChI=1S/C25H30N2O5S2/c1-5-8-15-32-22-16-19(11-14-21(22)31-4)17-23-24(28)27(7-3)25(33-23)26-34(29,30)20-12-9-18(6-2)10-13-20/h9-14,16-17H,5-8,15H2,1-4H3. The van der Waals surface area contributed by atoms with Crippen LogP contribution >= 0.6 is 11.8 Å². The third-order valence-electron chi connectivity index (χ3n) is 5.27. The van der Waals surface area contributed by atoms with Crippen molar-refractivity contribution >= 4 is 38.9 Å². The monoisotopic (exact) mass is 502 g/mol. The summed E-state index contributed by atoms with van der Waals surface area (Å²) in [6.07, 6.45) is 4.46. The molecule has 182 valence electrons. The minimum atomic E-state index is -3.95. The lowest BCUT2D eigenvalue weighted by Gasteiger charge is -2.12. The zero-order valence-corrected chi connectivity index (χ0v) is 21.5. The van der Waals surface area contributed by atoms with Gasteiger partial charge in [0.25, 0.3) is 15.9 Å². The van der Waals surface area contributed by atoms with Crippen molar-refractivity contribution in [2.24, 2.45) is 4.40 Å². The summed E-state index contributed by atoms with van der Waals surface area (Å²) in [6.45, 7) is 6.75. The van der Waals surface area contributed by atoms with Gasteiger partial charge in [0.15, 0.2) is 16.7 Å². The Kier molecular flexibility index (Phi) is 8.79. The van der Waals surface area contributed by atoms with E-state index >= 15 is 0 Å². The molecular weight excluding hydrogens is 472 g/mol. The second kappa shape index (κ2) is 11.6. The van der Waals surface area contributed by atoms with E-state index in [1.165, 1.54) is 4.90 Å². The predicted molar refractivity (Wildman–Crippen MR) is 137 cm³/mol. The molecule has 0 atom stereocenters. The van der Waals surface area contributed by atoms with Gasteiger partial charge in [0, 0.05) is 6.54 Å². The summed E-state index contributed by atoms with van der Waals surface area (Å²) in [5.74, 6) is 0.924. The largest absolute Gasteiger partial charge is 0.493 e. The van der Waals surface area contributed by atoms with Crippen LogP contribution in [-0.2, 0) is 21.2 Å². The van der Waals surface area contributed by atoms with Gasteiger partial charge in [-0.3, -0.25) is 9.69 Å². The smallest absolute Gasteiger partial charge is 0.284 e. The molecule has 0 radical (unpaired) electrons. The fourth-order valence-corrected chi connectivity index (χ4v) is 5.53. The fraction of sp³-hybridized carbons (Fsp3) is 0.360. The lowest BCUT2D eigenvalue weighted by atomic mass is 10.2. The molecule has 7 nitrogen and oxygen atoms in total. The van der Waals surface area contributed by atoms with Gasteiger partial charge in [-0.1, -0.05) is 38.5 Å². The van der Waals surface area contributed by atoms with E-state index in [2.05, 4.69) is 11.3 Å². The van der Waals surface area contributed by atoms with Gasteiger partial charge in [0.1, 0.15) is 0 Å². The summed E-state index contributed by atoms with van der Waals surface area (Å²) in [7, 11) is -2.37. The Balaban J connectivity index is 1.90. The molecule has 34 heavy (non-hydrogen) atoms. The molecule has 0 bridgehead atoms. The van der Waals surface area contributed by atoms with Crippen molar-refractivity contribution in [3.05, 3.63) is 58.5 Å². The summed E-state index contributed by atoms with van der Waals surface area (Å²) in [4.78, 5) is 14.8. The Hall–Kier alpha value is -2.78. The quantitative estimate of drug-likeness (QED) is 0.331. The average Bonchev–Trinajstić information content (AvgIpc) is 3.12. The number of unbranched alkanes of at least 4 members (excludes halogenated alkanes) is 1. The number of rotatable bonds is 10. The third kappa shape index (κ3) is 6.01. The number of likely N-dealkylation sites (N-methyl/N-ethyl adjacent to an activating group) is 1. The highest BCUT2D eigenvalue weighted by Gasteiger charge is 2.34. The zero-order chi connectivity index (χ0) is 24.7. The lowest BCUT2D eigenvalue weighted by Crippen LogP contribution is -2.29. The van der Waals surface area contributed by atoms with Gasteiger partial charge < -0.3 is 9.47 Å². The number of thioether (sulfide) groups is 1. The van der Waals surface area contributed by atoms with Crippen molar-refractivity contribution in [1.82, 2.24) is 4.90 Å². The molecule has 1 saturated heterocycles. The molecule has 1 aliphatic rings. The molecule has 2 aromatic rings. The molecule has 1 amide bonds. The molecule has 0 saturated carbocycles. The summed E-state index contributed by atoms with van der Waals surface area (Å²) in [5.41, 5.74) is 1.79. The first kappa shape index (κ1) is 25.8. The summed E-state index contributed by atoms with van der Waals surface area (Å²) in [5, 5.41) is 0.145. The van der Waals surface area contributed by atoms with Crippen LogP contribution in [0.25, 0.3) is 6.08 Å². The molecule has 9 heteroatoms. The summed E-state index contributed by atoms with van der Waals surface area (Å²) in [6, 6.07) is 12.1. The fourth-order valence-electron chi connectivity index (χ4n) is 3.28. The van der Waals surface area contributed by atoms with Gasteiger partial charge in [-0.15, -0.1) is 4.40 Å². The normalized spacial score (nSPS) is 16.5. The number of carbonyl (C=O) groups excluding carboxylic acids is 1. The van der Waals surface area contributed by atoms with Gasteiger partial charge in [0.2, 0.25) is 0 Å². The molecule has 3 rings (SSSR count). The number of nitrogens with zero attached hydrogens (tertiary/aromatic N) is 2. The molecule has 1 heterocycles. The van der Waals surface area contributed by atoms with Crippen LogP contribution < -0.4 is 9.47 Å². The lowest BCUT2D eigenvalue weighted by molar-refractivity contribution is -0.122. The van der Waals surface area contributed by atoms with E-state index in [1.54, 1.807) is 50.4 Å².